The normalized spacial score (nSPS) is 32.8. The van der Waals surface area contributed by atoms with Crippen LogP contribution in [0.5, 0.6) is 5.88 Å². The number of hydrogen-bond acceptors (Lipinski definition) is 5. The Labute approximate surface area is 153 Å². The van der Waals surface area contributed by atoms with E-state index in [9.17, 15) is 4.79 Å². The van der Waals surface area contributed by atoms with Crippen LogP contribution >= 0.6 is 11.8 Å². The van der Waals surface area contributed by atoms with E-state index in [0.717, 1.165) is 29.6 Å². The van der Waals surface area contributed by atoms with E-state index in [4.69, 9.17) is 9.26 Å². The summed E-state index contributed by atoms with van der Waals surface area (Å²) >= 11 is 1.46. The van der Waals surface area contributed by atoms with E-state index in [1.54, 1.807) is 0 Å². The molecule has 0 atom stereocenters. The molecule has 5 nitrogen and oxygen atoms in total. The molecule has 1 amide bonds. The molecule has 4 bridgehead atoms. The fraction of sp³-hybridized carbons (Fsp3) is 0.789. The zero-order chi connectivity index (χ0) is 17.4. The molecule has 0 spiro atoms. The Morgan fingerprint density at radius 1 is 1.24 bits per heavy atom. The standard InChI is InChI=1S/C19H28N2O3S/c1-3-4-5-23-19-17(25-2)16(24-21-19)18(22)20-15-13-7-11-6-12(9-13)10-14(15)8-11/h11-15H,3-10H2,1-2H3,(H,20,22). The molecule has 25 heavy (non-hydrogen) atoms. The summed E-state index contributed by atoms with van der Waals surface area (Å²) in [4.78, 5) is 13.6. The molecule has 4 fully saturated rings. The minimum absolute atomic E-state index is 0.125. The summed E-state index contributed by atoms with van der Waals surface area (Å²) in [5, 5.41) is 7.28. The van der Waals surface area contributed by atoms with Gasteiger partial charge in [0, 0.05) is 6.04 Å². The molecule has 0 radical (unpaired) electrons. The van der Waals surface area contributed by atoms with Crippen molar-refractivity contribution in [3.05, 3.63) is 5.76 Å². The highest BCUT2D eigenvalue weighted by atomic mass is 32.2. The van der Waals surface area contributed by atoms with Crippen molar-refractivity contribution in [3.63, 3.8) is 0 Å². The number of unbranched alkanes of at least 4 members (excludes halogenated alkanes) is 1. The summed E-state index contributed by atoms with van der Waals surface area (Å²) in [6.07, 6.45) is 10.5. The quantitative estimate of drug-likeness (QED) is 0.582. The van der Waals surface area contributed by atoms with Gasteiger partial charge in [0.05, 0.1) is 6.61 Å². The molecule has 4 saturated carbocycles. The lowest BCUT2D eigenvalue weighted by Gasteiger charge is -2.54. The summed E-state index contributed by atoms with van der Waals surface area (Å²) < 4.78 is 11.0. The summed E-state index contributed by atoms with van der Waals surface area (Å²) in [6, 6.07) is 0.310. The Morgan fingerprint density at radius 2 is 1.92 bits per heavy atom. The van der Waals surface area contributed by atoms with Crippen LogP contribution in [-0.4, -0.2) is 30.0 Å². The molecular weight excluding hydrogens is 336 g/mol. The molecule has 5 rings (SSSR count). The van der Waals surface area contributed by atoms with E-state index in [-0.39, 0.29) is 5.91 Å². The van der Waals surface area contributed by atoms with Crippen molar-refractivity contribution in [3.8, 4) is 5.88 Å². The molecule has 4 aliphatic carbocycles. The van der Waals surface area contributed by atoms with Crippen LogP contribution in [0.15, 0.2) is 9.42 Å². The van der Waals surface area contributed by atoms with Gasteiger partial charge < -0.3 is 14.6 Å². The second kappa shape index (κ2) is 7.22. The van der Waals surface area contributed by atoms with E-state index in [1.807, 2.05) is 6.26 Å². The minimum atomic E-state index is -0.125. The highest BCUT2D eigenvalue weighted by molar-refractivity contribution is 7.98. The zero-order valence-electron chi connectivity index (χ0n) is 15.1. The Kier molecular flexibility index (Phi) is 4.98. The minimum Gasteiger partial charge on any atom is -0.475 e. The SMILES string of the molecule is CCCCOc1noc(C(=O)NC2C3CC4CC(C3)CC2C4)c1SC. The molecule has 1 aromatic heterocycles. The highest BCUT2D eigenvalue weighted by Crippen LogP contribution is 2.53. The maximum atomic E-state index is 12.8. The van der Waals surface area contributed by atoms with Gasteiger partial charge in [0.25, 0.3) is 11.8 Å². The van der Waals surface area contributed by atoms with Crippen LogP contribution in [0.2, 0.25) is 0 Å². The molecule has 0 aromatic carbocycles. The summed E-state index contributed by atoms with van der Waals surface area (Å²) in [7, 11) is 0. The number of aromatic nitrogens is 1. The first-order chi connectivity index (χ1) is 12.2. The van der Waals surface area contributed by atoms with Gasteiger partial charge in [-0.2, -0.15) is 0 Å². The van der Waals surface area contributed by atoms with Gasteiger partial charge in [0.15, 0.2) is 0 Å². The monoisotopic (exact) mass is 364 g/mol. The molecule has 4 aliphatic rings. The smallest absolute Gasteiger partial charge is 0.291 e. The number of ether oxygens (including phenoxy) is 1. The fourth-order valence-electron chi connectivity index (χ4n) is 5.37. The van der Waals surface area contributed by atoms with Crippen LogP contribution < -0.4 is 10.1 Å². The molecule has 1 aromatic rings. The van der Waals surface area contributed by atoms with E-state index >= 15 is 0 Å². The molecule has 0 aliphatic heterocycles. The average Bonchev–Trinajstić information content (AvgIpc) is 3.00. The van der Waals surface area contributed by atoms with Crippen LogP contribution in [0.3, 0.4) is 0 Å². The number of hydrogen-bond donors (Lipinski definition) is 1. The molecule has 138 valence electrons. The van der Waals surface area contributed by atoms with Crippen molar-refractivity contribution in [1.82, 2.24) is 10.5 Å². The lowest BCUT2D eigenvalue weighted by molar-refractivity contribution is -0.0124. The van der Waals surface area contributed by atoms with Crippen molar-refractivity contribution >= 4 is 17.7 Å². The van der Waals surface area contributed by atoms with Gasteiger partial charge in [-0.05, 0) is 73.6 Å². The number of carbonyl (C=O) groups is 1. The number of nitrogens with one attached hydrogen (secondary N) is 1. The predicted molar refractivity (Wildman–Crippen MR) is 97.0 cm³/mol. The summed E-state index contributed by atoms with van der Waals surface area (Å²) in [6.45, 7) is 2.72. The summed E-state index contributed by atoms with van der Waals surface area (Å²) in [5.74, 6) is 3.76. The third-order valence-corrected chi connectivity index (χ3v) is 7.06. The van der Waals surface area contributed by atoms with Gasteiger partial charge in [-0.25, -0.2) is 0 Å². The summed E-state index contributed by atoms with van der Waals surface area (Å²) in [5.41, 5.74) is 0. The van der Waals surface area contributed by atoms with Crippen LogP contribution in [0, 0.1) is 23.7 Å². The first-order valence-corrected chi connectivity index (χ1v) is 10.9. The van der Waals surface area contributed by atoms with Gasteiger partial charge in [0.2, 0.25) is 5.76 Å². The Balaban J connectivity index is 1.44. The van der Waals surface area contributed by atoms with Crippen molar-refractivity contribution in [1.29, 1.82) is 0 Å². The molecule has 0 saturated heterocycles. The highest BCUT2D eigenvalue weighted by Gasteiger charge is 2.49. The van der Waals surface area contributed by atoms with Crippen molar-refractivity contribution < 1.29 is 14.1 Å². The third-order valence-electron chi connectivity index (χ3n) is 6.29. The van der Waals surface area contributed by atoms with Crippen LogP contribution in [0.4, 0.5) is 0 Å². The average molecular weight is 365 g/mol. The fourth-order valence-corrected chi connectivity index (χ4v) is 5.96. The van der Waals surface area contributed by atoms with Crippen molar-refractivity contribution in [2.45, 2.75) is 62.8 Å². The van der Waals surface area contributed by atoms with Crippen LogP contribution in [0.1, 0.15) is 62.4 Å². The maximum Gasteiger partial charge on any atom is 0.291 e. The van der Waals surface area contributed by atoms with E-state index in [0.29, 0.717) is 36.1 Å². The molecule has 0 unspecified atom stereocenters. The van der Waals surface area contributed by atoms with E-state index in [1.165, 1.54) is 43.9 Å². The Bertz CT molecular complexity index is 602. The Morgan fingerprint density at radius 3 is 2.52 bits per heavy atom. The van der Waals surface area contributed by atoms with Crippen LogP contribution in [-0.2, 0) is 0 Å². The number of nitrogens with zero attached hydrogens (tertiary/aromatic N) is 1. The van der Waals surface area contributed by atoms with Gasteiger partial charge in [-0.1, -0.05) is 13.3 Å². The van der Waals surface area contributed by atoms with Crippen molar-refractivity contribution in [2.75, 3.05) is 12.9 Å². The van der Waals surface area contributed by atoms with Gasteiger partial charge in [0.1, 0.15) is 4.90 Å². The lowest BCUT2D eigenvalue weighted by Crippen LogP contribution is -2.55. The molecule has 1 N–H and O–H groups in total. The van der Waals surface area contributed by atoms with Crippen molar-refractivity contribution in [2.24, 2.45) is 23.7 Å². The predicted octanol–water partition coefficient (Wildman–Crippen LogP) is 4.13. The first-order valence-electron chi connectivity index (χ1n) is 9.66. The van der Waals surface area contributed by atoms with Gasteiger partial charge in [-0.3, -0.25) is 4.79 Å². The van der Waals surface area contributed by atoms with Crippen LogP contribution in [0.25, 0.3) is 0 Å². The molecule has 1 heterocycles. The topological polar surface area (TPSA) is 64.4 Å². The van der Waals surface area contributed by atoms with Gasteiger partial charge >= 0.3 is 0 Å². The largest absolute Gasteiger partial charge is 0.475 e. The number of amides is 1. The third kappa shape index (κ3) is 3.29. The Hall–Kier alpha value is -1.17. The number of carbonyl (C=O) groups excluding carboxylic acids is 1. The first kappa shape index (κ1) is 17.3. The molecular formula is C19H28N2O3S. The zero-order valence-corrected chi connectivity index (χ0v) is 15.9. The maximum absolute atomic E-state index is 12.8. The van der Waals surface area contributed by atoms with E-state index < -0.39 is 0 Å². The number of thioether (sulfide) groups is 1. The second-order valence-electron chi connectivity index (χ2n) is 7.98. The number of rotatable bonds is 7. The van der Waals surface area contributed by atoms with E-state index in [2.05, 4.69) is 17.4 Å². The molecule has 6 heteroatoms. The second-order valence-corrected chi connectivity index (χ2v) is 8.80. The lowest BCUT2D eigenvalue weighted by atomic mass is 9.54. The van der Waals surface area contributed by atoms with Gasteiger partial charge in [-0.15, -0.1) is 11.8 Å².